The number of oxime groups is 1. The number of carboxylic acid groups (broad SMARTS) is 1. The van der Waals surface area contributed by atoms with Crippen LogP contribution < -0.4 is 20.7 Å². The number of carbonyl (C=O) groups excluding carboxylic acids is 3. The third-order valence-electron chi connectivity index (χ3n) is 8.15. The number of thioether (sulfide) groups is 1. The number of nitrogens with two attached hydrogens (primary N) is 1. The number of aromatic nitrogens is 4. The predicted molar refractivity (Wildman–Crippen MR) is 180 cm³/mol. The largest absolute Gasteiger partial charge is 0.543 e. The Morgan fingerprint density at radius 3 is 2.85 bits per heavy atom. The molecule has 0 aliphatic carbocycles. The number of anilines is 1. The van der Waals surface area contributed by atoms with Gasteiger partial charge in [-0.25, -0.2) is 14.2 Å². The van der Waals surface area contributed by atoms with Gasteiger partial charge in [0.2, 0.25) is 0 Å². The third kappa shape index (κ3) is 6.04. The molecule has 19 heteroatoms. The van der Waals surface area contributed by atoms with Crippen LogP contribution in [0.1, 0.15) is 29.0 Å². The first-order chi connectivity index (χ1) is 23.2. The number of fused-ring (bicyclic) bond motifs is 2. The summed E-state index contributed by atoms with van der Waals surface area (Å²) < 4.78 is 6.07. The number of hydrogen-bond acceptors (Lipinski definition) is 13. The number of carbonyl (C=O) groups is 3. The third-order valence-corrected chi connectivity index (χ3v) is 11.5. The molecular weight excluding hydrogens is 700 g/mol. The first-order valence-electron chi connectivity index (χ1n) is 14.9. The second-order valence-electron chi connectivity index (χ2n) is 11.2. The average molecular weight is 729 g/mol. The topological polar surface area (TPSA) is 179 Å². The van der Waals surface area contributed by atoms with Gasteiger partial charge in [0.05, 0.1) is 36.7 Å². The van der Waals surface area contributed by atoms with Crippen molar-refractivity contribution in [3.8, 4) is 0 Å². The minimum Gasteiger partial charge on any atom is -0.543 e. The van der Waals surface area contributed by atoms with E-state index in [2.05, 4.69) is 41.6 Å². The van der Waals surface area contributed by atoms with Gasteiger partial charge in [0.1, 0.15) is 41.3 Å². The van der Waals surface area contributed by atoms with Gasteiger partial charge in [0.25, 0.3) is 11.8 Å². The van der Waals surface area contributed by atoms with E-state index in [0.717, 1.165) is 35.6 Å². The Bertz CT molecular complexity index is 2010. The molecule has 3 aliphatic rings. The molecule has 250 valence electrons. The summed E-state index contributed by atoms with van der Waals surface area (Å²) in [5.74, 6) is -2.52. The summed E-state index contributed by atoms with van der Waals surface area (Å²) in [6, 6.07) is 3.09. The second-order valence-corrected chi connectivity index (χ2v) is 14.9. The summed E-state index contributed by atoms with van der Waals surface area (Å²) in [5, 5.41) is 27.0. The summed E-state index contributed by atoms with van der Waals surface area (Å²) >= 11 is 10.1. The standard InChI is InChI=1S/C29H29ClN10O5S3/c1-45-35-21(20-24(30)48-29(31)34-20)25(41)33-22-26(42)40-23(28(43)44)17(15-47-27(22)40)12-38-7-4-19-36(8-9-39(19)38)13-18-10-16(14-46-18)11-32-37-5-2-3-6-37/h4,7-11,14,22,27H,2-3,5-6,12-13,15H2,1H3,(H3-,31,33,34,41,43,44)/b32-11?,35-21-/t22-,27-/m1/s1. The predicted octanol–water partition coefficient (Wildman–Crippen LogP) is 0.715. The minimum atomic E-state index is -1.47. The molecule has 0 aromatic carbocycles. The first kappa shape index (κ1) is 32.2. The Labute approximate surface area is 290 Å². The number of nitrogens with zero attached hydrogens (tertiary/aromatic N) is 8. The summed E-state index contributed by atoms with van der Waals surface area (Å²) in [4.78, 5) is 50.0. The molecule has 3 N–H and O–H groups in total. The zero-order valence-corrected chi connectivity index (χ0v) is 28.7. The lowest BCUT2D eigenvalue weighted by atomic mass is 10.0. The SMILES string of the molecule is CO/N=C(\C(=O)N[C@@H]1C(=O)N2C(C(=O)[O-])=C(Cn3ccc4n3cc[n+]4Cc3cc(C=NN4CCCC4)cs3)CS[C@H]12)c1nc(N)sc1Cl. The number of hydrogen-bond donors (Lipinski definition) is 2. The Morgan fingerprint density at radius 2 is 2.12 bits per heavy atom. The normalized spacial score (nSPS) is 19.8. The van der Waals surface area contributed by atoms with Gasteiger partial charge in [0, 0.05) is 29.3 Å². The molecule has 0 radical (unpaired) electrons. The number of aliphatic carboxylic acids is 1. The number of amides is 2. The van der Waals surface area contributed by atoms with Crippen LogP contribution in [0.25, 0.3) is 5.65 Å². The van der Waals surface area contributed by atoms with Crippen molar-refractivity contribution in [1.82, 2.24) is 29.4 Å². The molecule has 0 saturated carbocycles. The van der Waals surface area contributed by atoms with Crippen LogP contribution in [-0.4, -0.2) is 91.2 Å². The van der Waals surface area contributed by atoms with E-state index in [-0.39, 0.29) is 33.1 Å². The number of imidazole rings is 1. The van der Waals surface area contributed by atoms with Crippen molar-refractivity contribution in [2.45, 2.75) is 37.3 Å². The molecule has 7 heterocycles. The van der Waals surface area contributed by atoms with Gasteiger partial charge in [-0.15, -0.1) is 27.6 Å². The van der Waals surface area contributed by atoms with Crippen molar-refractivity contribution in [1.29, 1.82) is 0 Å². The zero-order chi connectivity index (χ0) is 33.5. The lowest BCUT2D eigenvalue weighted by Gasteiger charge is -2.50. The van der Waals surface area contributed by atoms with E-state index in [0.29, 0.717) is 17.9 Å². The number of rotatable bonds is 11. The second kappa shape index (κ2) is 13.3. The van der Waals surface area contributed by atoms with E-state index >= 15 is 0 Å². The van der Waals surface area contributed by atoms with E-state index < -0.39 is 29.2 Å². The van der Waals surface area contributed by atoms with Crippen LogP contribution in [0.5, 0.6) is 0 Å². The van der Waals surface area contributed by atoms with E-state index in [1.807, 2.05) is 40.1 Å². The van der Waals surface area contributed by atoms with Gasteiger partial charge < -0.3 is 25.8 Å². The van der Waals surface area contributed by atoms with Crippen LogP contribution in [-0.2, 0) is 32.3 Å². The maximum Gasteiger partial charge on any atom is 0.307 e. The molecule has 3 aliphatic heterocycles. The molecule has 2 saturated heterocycles. The van der Waals surface area contributed by atoms with Crippen LogP contribution in [0.2, 0.25) is 4.34 Å². The highest BCUT2D eigenvalue weighted by atomic mass is 35.5. The number of thiophene rings is 1. The van der Waals surface area contributed by atoms with Gasteiger partial charge in [-0.1, -0.05) is 28.1 Å². The summed E-state index contributed by atoms with van der Waals surface area (Å²) in [7, 11) is 1.25. The monoisotopic (exact) mass is 728 g/mol. The molecule has 2 amide bonds. The highest BCUT2D eigenvalue weighted by molar-refractivity contribution is 8.00. The molecule has 48 heavy (non-hydrogen) atoms. The Morgan fingerprint density at radius 1 is 1.31 bits per heavy atom. The highest BCUT2D eigenvalue weighted by Gasteiger charge is 2.53. The van der Waals surface area contributed by atoms with Crippen LogP contribution >= 0.6 is 46.0 Å². The number of β-lactam (4-membered cyclic amide) rings is 1. The fourth-order valence-electron chi connectivity index (χ4n) is 5.93. The number of nitrogen functional groups attached to an aromatic ring is 1. The van der Waals surface area contributed by atoms with Gasteiger partial charge in [0.15, 0.2) is 17.0 Å². The summed E-state index contributed by atoms with van der Waals surface area (Å²) in [6.45, 7) is 2.89. The number of thiazole rings is 1. The molecule has 2 atom stereocenters. The van der Waals surface area contributed by atoms with Crippen LogP contribution in [0, 0.1) is 0 Å². The molecule has 4 aromatic rings. The molecular formula is C29H29ClN10O5S3. The Balaban J connectivity index is 1.05. The van der Waals surface area contributed by atoms with Crippen LogP contribution in [0.3, 0.4) is 0 Å². The molecule has 7 rings (SSSR count). The highest BCUT2D eigenvalue weighted by Crippen LogP contribution is 2.40. The minimum absolute atomic E-state index is 0.0166. The van der Waals surface area contributed by atoms with E-state index in [1.54, 1.807) is 11.3 Å². The molecule has 0 bridgehead atoms. The van der Waals surface area contributed by atoms with Gasteiger partial charge in [-0.05, 0) is 29.9 Å². The number of hydrazone groups is 1. The van der Waals surface area contributed by atoms with Crippen molar-refractivity contribution in [2.75, 3.05) is 31.7 Å². The fraction of sp³-hybridized carbons (Fsp3) is 0.345. The van der Waals surface area contributed by atoms with Crippen LogP contribution in [0.15, 0.2) is 57.6 Å². The van der Waals surface area contributed by atoms with Crippen molar-refractivity contribution in [3.05, 3.63) is 67.8 Å². The average Bonchev–Trinajstić information content (AvgIpc) is 3.90. The lowest BCUT2D eigenvalue weighted by Crippen LogP contribution is -2.71. The Hall–Kier alpha value is -4.39. The van der Waals surface area contributed by atoms with E-state index in [4.69, 9.17) is 22.2 Å². The Kier molecular flexibility index (Phi) is 8.88. The summed E-state index contributed by atoms with van der Waals surface area (Å²) in [6.07, 6.45) is 10.0. The fourth-order valence-corrected chi connectivity index (χ4v) is 9.03. The molecule has 0 spiro atoms. The quantitative estimate of drug-likeness (QED) is 0.0975. The van der Waals surface area contributed by atoms with Crippen LogP contribution in [0.4, 0.5) is 5.13 Å². The smallest absolute Gasteiger partial charge is 0.307 e. The maximum absolute atomic E-state index is 13.3. The first-order valence-corrected chi connectivity index (χ1v) is 18.0. The van der Waals surface area contributed by atoms with Gasteiger partial charge in [-0.2, -0.15) is 5.10 Å². The van der Waals surface area contributed by atoms with Gasteiger partial charge in [-0.3, -0.25) is 19.5 Å². The lowest BCUT2D eigenvalue weighted by molar-refractivity contribution is -0.661. The van der Waals surface area contributed by atoms with Crippen molar-refractivity contribution in [3.63, 3.8) is 0 Å². The van der Waals surface area contributed by atoms with Crippen molar-refractivity contribution in [2.24, 2.45) is 10.3 Å². The summed E-state index contributed by atoms with van der Waals surface area (Å²) in [5.41, 5.74) is 7.78. The zero-order valence-electron chi connectivity index (χ0n) is 25.4. The van der Waals surface area contributed by atoms with E-state index in [9.17, 15) is 19.5 Å². The molecule has 4 aromatic heterocycles. The van der Waals surface area contributed by atoms with E-state index in [1.165, 1.54) is 41.5 Å². The maximum atomic E-state index is 13.3. The van der Waals surface area contributed by atoms with Crippen molar-refractivity contribution < 1.29 is 28.9 Å². The number of nitrogens with one attached hydrogen (secondary N) is 1. The van der Waals surface area contributed by atoms with Crippen molar-refractivity contribution >= 4 is 86.5 Å². The molecule has 0 unspecified atom stereocenters. The van der Waals surface area contributed by atoms with Gasteiger partial charge >= 0.3 is 5.65 Å². The number of carboxylic acids is 1. The molecule has 15 nitrogen and oxygen atoms in total. The molecule has 2 fully saturated rings. The number of halogens is 1.